The highest BCUT2D eigenvalue weighted by Gasteiger charge is 2.19. The summed E-state index contributed by atoms with van der Waals surface area (Å²) in [4.78, 5) is 0. The molecule has 0 aromatic carbocycles. The molecule has 0 aliphatic carbocycles. The molecule has 0 rings (SSSR count). The largest absolute Gasteiger partial charge is 0.420 e. The lowest BCUT2D eigenvalue weighted by atomic mass is 9.97. The summed E-state index contributed by atoms with van der Waals surface area (Å²) in [6, 6.07) is 1.33. The van der Waals surface area contributed by atoms with Gasteiger partial charge < -0.3 is 4.43 Å². The highest BCUT2D eigenvalue weighted by molar-refractivity contribution is 6.71. The van der Waals surface area contributed by atoms with E-state index in [4.69, 9.17) is 4.43 Å². The fourth-order valence-electron chi connectivity index (χ4n) is 2.20. The summed E-state index contributed by atoms with van der Waals surface area (Å²) in [6.45, 7) is 9.34. The van der Waals surface area contributed by atoms with E-state index in [9.17, 15) is 0 Å². The van der Waals surface area contributed by atoms with Crippen LogP contribution in [0.15, 0.2) is 0 Å². The summed E-state index contributed by atoms with van der Waals surface area (Å²) >= 11 is 0. The predicted molar refractivity (Wildman–Crippen MR) is 81.1 cm³/mol. The molecule has 0 saturated carbocycles. The fraction of sp³-hybridized carbons (Fsp3) is 1.00. The van der Waals surface area contributed by atoms with E-state index in [1.807, 2.05) is 7.11 Å². The van der Waals surface area contributed by atoms with Gasteiger partial charge in [-0.3, -0.25) is 0 Å². The molecule has 0 radical (unpaired) electrons. The van der Waals surface area contributed by atoms with Gasteiger partial charge in [0, 0.05) is 7.11 Å². The van der Waals surface area contributed by atoms with Crippen LogP contribution >= 0.6 is 0 Å². The van der Waals surface area contributed by atoms with Gasteiger partial charge in [-0.15, -0.1) is 0 Å². The van der Waals surface area contributed by atoms with Gasteiger partial charge >= 0.3 is 0 Å². The molecule has 0 bridgehead atoms. The van der Waals surface area contributed by atoms with Gasteiger partial charge in [-0.2, -0.15) is 0 Å². The smallest absolute Gasteiger partial charge is 0.186 e. The summed E-state index contributed by atoms with van der Waals surface area (Å²) in [5.74, 6) is 0.944. The van der Waals surface area contributed by atoms with Crippen molar-refractivity contribution >= 4 is 8.32 Å². The summed E-state index contributed by atoms with van der Waals surface area (Å²) in [5, 5.41) is 0. The van der Waals surface area contributed by atoms with Crippen molar-refractivity contribution in [1.82, 2.24) is 0 Å². The van der Waals surface area contributed by atoms with Crippen LogP contribution in [0.1, 0.15) is 65.2 Å². The van der Waals surface area contributed by atoms with Gasteiger partial charge in [0.1, 0.15) is 0 Å². The molecule has 0 spiro atoms. The van der Waals surface area contributed by atoms with Crippen molar-refractivity contribution in [2.75, 3.05) is 7.11 Å². The van der Waals surface area contributed by atoms with Gasteiger partial charge in [0.25, 0.3) is 0 Å². The lowest BCUT2D eigenvalue weighted by Gasteiger charge is -2.19. The van der Waals surface area contributed by atoms with Crippen LogP contribution in [-0.2, 0) is 4.43 Å². The molecule has 2 heteroatoms. The van der Waals surface area contributed by atoms with Crippen LogP contribution in [-0.4, -0.2) is 15.4 Å². The quantitative estimate of drug-likeness (QED) is 0.345. The monoisotopic (exact) mass is 258 g/mol. The average Bonchev–Trinajstić information content (AvgIpc) is 2.31. The highest BCUT2D eigenvalue weighted by atomic mass is 28.4. The van der Waals surface area contributed by atoms with E-state index in [1.165, 1.54) is 57.4 Å². The van der Waals surface area contributed by atoms with Gasteiger partial charge in [-0.05, 0) is 25.1 Å². The molecular weight excluding hydrogens is 224 g/mol. The van der Waals surface area contributed by atoms with Gasteiger partial charge in [-0.25, -0.2) is 0 Å². The van der Waals surface area contributed by atoms with Crippen LogP contribution in [0.2, 0.25) is 19.1 Å². The molecule has 0 saturated heterocycles. The first-order valence-corrected chi connectivity index (χ1v) is 10.7. The Labute approximate surface area is 110 Å². The normalized spacial score (nSPS) is 13.9. The van der Waals surface area contributed by atoms with Crippen LogP contribution in [0, 0.1) is 5.92 Å². The minimum atomic E-state index is -1.28. The maximum atomic E-state index is 5.57. The van der Waals surface area contributed by atoms with E-state index >= 15 is 0 Å². The lowest BCUT2D eigenvalue weighted by Crippen LogP contribution is -2.27. The van der Waals surface area contributed by atoms with Crippen LogP contribution in [0.4, 0.5) is 0 Å². The molecule has 0 fully saturated rings. The standard InChI is InChI=1S/C15H34OSi/c1-6-7-12-15(2)13-10-8-9-11-14-17(4,5)16-3/h15H,6-14H2,1-5H3. The maximum absolute atomic E-state index is 5.57. The number of hydrogen-bond acceptors (Lipinski definition) is 1. The fourth-order valence-corrected chi connectivity index (χ4v) is 3.50. The average molecular weight is 259 g/mol. The van der Waals surface area contributed by atoms with E-state index in [1.54, 1.807) is 0 Å². The van der Waals surface area contributed by atoms with Crippen molar-refractivity contribution in [2.24, 2.45) is 5.92 Å². The Bertz CT molecular complexity index is 168. The second kappa shape index (κ2) is 10.1. The maximum Gasteiger partial charge on any atom is 0.186 e. The van der Waals surface area contributed by atoms with Gasteiger partial charge in [0.15, 0.2) is 8.32 Å². The Morgan fingerprint density at radius 3 is 2.12 bits per heavy atom. The third-order valence-electron chi connectivity index (χ3n) is 3.83. The molecule has 1 nitrogen and oxygen atoms in total. The second-order valence-electron chi connectivity index (χ2n) is 6.16. The number of unbranched alkanes of at least 4 members (excludes halogenated alkanes) is 4. The topological polar surface area (TPSA) is 9.23 Å². The molecule has 0 heterocycles. The summed E-state index contributed by atoms with van der Waals surface area (Å²) in [6.07, 6.45) is 11.3. The number of hydrogen-bond donors (Lipinski definition) is 0. The van der Waals surface area contributed by atoms with Crippen LogP contribution in [0.3, 0.4) is 0 Å². The Balaban J connectivity index is 3.29. The molecule has 1 unspecified atom stereocenters. The van der Waals surface area contributed by atoms with Crippen molar-refractivity contribution < 1.29 is 4.43 Å². The molecule has 0 aliphatic rings. The minimum Gasteiger partial charge on any atom is -0.420 e. The van der Waals surface area contributed by atoms with Crippen molar-refractivity contribution in [2.45, 2.75) is 84.4 Å². The van der Waals surface area contributed by atoms with Crippen LogP contribution < -0.4 is 0 Å². The second-order valence-corrected chi connectivity index (χ2v) is 10.6. The van der Waals surface area contributed by atoms with Crippen LogP contribution in [0.5, 0.6) is 0 Å². The minimum absolute atomic E-state index is 0.944. The van der Waals surface area contributed by atoms with E-state index in [0.717, 1.165) is 5.92 Å². The zero-order valence-electron chi connectivity index (χ0n) is 12.8. The molecule has 0 aliphatic heterocycles. The third kappa shape index (κ3) is 11.0. The molecule has 104 valence electrons. The molecule has 1 atom stereocenters. The molecule has 0 amide bonds. The van der Waals surface area contributed by atoms with Gasteiger partial charge in [-0.1, -0.05) is 65.2 Å². The van der Waals surface area contributed by atoms with Crippen LogP contribution in [0.25, 0.3) is 0 Å². The number of rotatable bonds is 11. The lowest BCUT2D eigenvalue weighted by molar-refractivity contribution is 0.399. The molecule has 0 aromatic rings. The molecule has 0 N–H and O–H groups in total. The van der Waals surface area contributed by atoms with E-state index in [0.29, 0.717) is 0 Å². The first kappa shape index (κ1) is 17.2. The zero-order chi connectivity index (χ0) is 13.1. The first-order chi connectivity index (χ1) is 8.02. The SMILES string of the molecule is CCCCC(C)CCCCCC[Si](C)(C)OC. The first-order valence-electron chi connectivity index (χ1n) is 7.57. The Morgan fingerprint density at radius 1 is 0.941 bits per heavy atom. The van der Waals surface area contributed by atoms with E-state index in [-0.39, 0.29) is 0 Å². The van der Waals surface area contributed by atoms with E-state index in [2.05, 4.69) is 26.9 Å². The van der Waals surface area contributed by atoms with E-state index < -0.39 is 8.32 Å². The van der Waals surface area contributed by atoms with Crippen molar-refractivity contribution in [3.8, 4) is 0 Å². The summed E-state index contributed by atoms with van der Waals surface area (Å²) in [5.41, 5.74) is 0. The zero-order valence-corrected chi connectivity index (χ0v) is 13.8. The van der Waals surface area contributed by atoms with Crippen molar-refractivity contribution in [1.29, 1.82) is 0 Å². The summed E-state index contributed by atoms with van der Waals surface area (Å²) < 4.78 is 5.57. The van der Waals surface area contributed by atoms with Gasteiger partial charge in [0.05, 0.1) is 0 Å². The van der Waals surface area contributed by atoms with Crippen molar-refractivity contribution in [3.63, 3.8) is 0 Å². The molecule has 17 heavy (non-hydrogen) atoms. The Kier molecular flexibility index (Phi) is 10.2. The Morgan fingerprint density at radius 2 is 1.53 bits per heavy atom. The van der Waals surface area contributed by atoms with Gasteiger partial charge in [0.2, 0.25) is 0 Å². The predicted octanol–water partition coefficient (Wildman–Crippen LogP) is 5.61. The molecular formula is C15H34OSi. The Hall–Kier alpha value is 0.177. The third-order valence-corrected chi connectivity index (χ3v) is 6.49. The van der Waals surface area contributed by atoms with Crippen molar-refractivity contribution in [3.05, 3.63) is 0 Å². The summed E-state index contributed by atoms with van der Waals surface area (Å²) in [7, 11) is 0.600. The highest BCUT2D eigenvalue weighted by Crippen LogP contribution is 2.19. The molecule has 0 aromatic heterocycles.